The van der Waals surface area contributed by atoms with E-state index in [2.05, 4.69) is 42.3 Å². The van der Waals surface area contributed by atoms with Gasteiger partial charge in [-0.2, -0.15) is 0 Å². The Morgan fingerprint density at radius 1 is 1.38 bits per heavy atom. The Morgan fingerprint density at radius 3 is 3.00 bits per heavy atom. The molecule has 2 aliphatic rings. The molecule has 3 nitrogen and oxygen atoms in total. The molecule has 0 aromatic heterocycles. The first-order valence-corrected chi connectivity index (χ1v) is 8.33. The first kappa shape index (κ1) is 14.9. The van der Waals surface area contributed by atoms with Gasteiger partial charge in [-0.15, -0.1) is 0 Å². The van der Waals surface area contributed by atoms with Gasteiger partial charge in [-0.25, -0.2) is 0 Å². The summed E-state index contributed by atoms with van der Waals surface area (Å²) in [4.78, 5) is 2.58. The Labute approximate surface area is 128 Å². The molecule has 3 heteroatoms. The van der Waals surface area contributed by atoms with E-state index in [0.717, 1.165) is 37.9 Å². The summed E-state index contributed by atoms with van der Waals surface area (Å²) < 4.78 is 5.91. The van der Waals surface area contributed by atoms with Gasteiger partial charge in [-0.05, 0) is 69.8 Å². The second kappa shape index (κ2) is 6.37. The summed E-state index contributed by atoms with van der Waals surface area (Å²) in [6.45, 7) is 9.82. The number of hydrogen-bond donors (Lipinski definition) is 1. The molecular weight excluding hydrogens is 260 g/mol. The second-order valence-corrected chi connectivity index (χ2v) is 6.91. The van der Waals surface area contributed by atoms with Crippen molar-refractivity contribution < 1.29 is 4.74 Å². The lowest BCUT2D eigenvalue weighted by atomic mass is 9.95. The predicted octanol–water partition coefficient (Wildman–Crippen LogP) is 2.84. The summed E-state index contributed by atoms with van der Waals surface area (Å²) in [6.07, 6.45) is 4.04. The fourth-order valence-electron chi connectivity index (χ4n) is 3.46. The fourth-order valence-corrected chi connectivity index (χ4v) is 3.46. The molecule has 1 aromatic carbocycles. The van der Waals surface area contributed by atoms with Gasteiger partial charge < -0.3 is 10.1 Å². The van der Waals surface area contributed by atoms with Gasteiger partial charge >= 0.3 is 0 Å². The van der Waals surface area contributed by atoms with Crippen LogP contribution in [-0.2, 0) is 0 Å². The fraction of sp³-hybridized carbons (Fsp3) is 0.667. The van der Waals surface area contributed by atoms with E-state index in [9.17, 15) is 0 Å². The Morgan fingerprint density at radius 2 is 2.24 bits per heavy atom. The van der Waals surface area contributed by atoms with Crippen LogP contribution in [0.25, 0.3) is 0 Å². The van der Waals surface area contributed by atoms with Crippen LogP contribution >= 0.6 is 0 Å². The van der Waals surface area contributed by atoms with Crippen molar-refractivity contribution in [2.45, 2.75) is 38.6 Å². The van der Waals surface area contributed by atoms with Crippen LogP contribution in [0.4, 0.5) is 0 Å². The van der Waals surface area contributed by atoms with Crippen LogP contribution in [0, 0.1) is 12.8 Å². The van der Waals surface area contributed by atoms with E-state index in [4.69, 9.17) is 4.74 Å². The Bertz CT molecular complexity index is 472. The van der Waals surface area contributed by atoms with Crippen LogP contribution in [0.2, 0.25) is 0 Å². The first-order chi connectivity index (χ1) is 10.2. The van der Waals surface area contributed by atoms with Crippen LogP contribution in [0.15, 0.2) is 24.3 Å². The lowest BCUT2D eigenvalue weighted by Crippen LogP contribution is -2.51. The molecule has 1 aromatic rings. The molecule has 0 spiro atoms. The zero-order valence-corrected chi connectivity index (χ0v) is 13.4. The minimum absolute atomic E-state index is 0.319. The molecule has 0 bridgehead atoms. The third kappa shape index (κ3) is 3.98. The van der Waals surface area contributed by atoms with Crippen LogP contribution in [0.3, 0.4) is 0 Å². The number of benzene rings is 1. The topological polar surface area (TPSA) is 24.5 Å². The Kier molecular flexibility index (Phi) is 4.51. The van der Waals surface area contributed by atoms with Gasteiger partial charge in [0.25, 0.3) is 0 Å². The van der Waals surface area contributed by atoms with Gasteiger partial charge in [-0.1, -0.05) is 12.1 Å². The highest BCUT2D eigenvalue weighted by molar-refractivity contribution is 5.27. The van der Waals surface area contributed by atoms with E-state index in [1.54, 1.807) is 0 Å². The first-order valence-electron chi connectivity index (χ1n) is 8.33. The van der Waals surface area contributed by atoms with Gasteiger partial charge in [0.1, 0.15) is 12.4 Å². The lowest BCUT2D eigenvalue weighted by molar-refractivity contribution is 0.170. The molecule has 1 N–H and O–H groups in total. The van der Waals surface area contributed by atoms with Crippen molar-refractivity contribution in [3.05, 3.63) is 29.8 Å². The summed E-state index contributed by atoms with van der Waals surface area (Å²) >= 11 is 0. The second-order valence-electron chi connectivity index (χ2n) is 6.91. The van der Waals surface area contributed by atoms with Crippen molar-refractivity contribution >= 4 is 0 Å². The van der Waals surface area contributed by atoms with Gasteiger partial charge in [-0.3, -0.25) is 4.90 Å². The van der Waals surface area contributed by atoms with Crippen molar-refractivity contribution in [3.8, 4) is 5.75 Å². The van der Waals surface area contributed by atoms with Crippen molar-refractivity contribution in [2.75, 3.05) is 32.8 Å². The minimum atomic E-state index is 0.319. The molecule has 1 atom stereocenters. The Balaban J connectivity index is 1.49. The van der Waals surface area contributed by atoms with E-state index in [1.807, 2.05) is 6.07 Å². The highest BCUT2D eigenvalue weighted by Crippen LogP contribution is 2.40. The quantitative estimate of drug-likeness (QED) is 0.901. The molecule has 1 saturated carbocycles. The molecule has 116 valence electrons. The summed E-state index contributed by atoms with van der Waals surface area (Å²) in [7, 11) is 0. The van der Waals surface area contributed by atoms with Crippen LogP contribution in [0.5, 0.6) is 5.75 Å². The lowest BCUT2D eigenvalue weighted by Gasteiger charge is -2.33. The highest BCUT2D eigenvalue weighted by atomic mass is 16.5. The van der Waals surface area contributed by atoms with Crippen LogP contribution in [0.1, 0.15) is 31.7 Å². The van der Waals surface area contributed by atoms with Gasteiger partial charge in [0, 0.05) is 18.6 Å². The molecular formula is C18H28N2O. The summed E-state index contributed by atoms with van der Waals surface area (Å²) in [5, 5.41) is 3.78. The summed E-state index contributed by atoms with van der Waals surface area (Å²) in [5.74, 6) is 1.88. The molecule has 2 fully saturated rings. The molecule has 1 aliphatic carbocycles. The normalized spacial score (nSPS) is 27.3. The number of nitrogens with one attached hydrogen (secondary N) is 1. The third-order valence-corrected chi connectivity index (χ3v) is 4.88. The summed E-state index contributed by atoms with van der Waals surface area (Å²) in [5.41, 5.74) is 1.58. The zero-order valence-electron chi connectivity index (χ0n) is 13.4. The van der Waals surface area contributed by atoms with Crippen LogP contribution < -0.4 is 10.1 Å². The monoisotopic (exact) mass is 288 g/mol. The molecule has 21 heavy (non-hydrogen) atoms. The molecule has 3 rings (SSSR count). The number of aryl methyl sites for hydroxylation is 1. The molecule has 0 amide bonds. The van der Waals surface area contributed by atoms with E-state index >= 15 is 0 Å². The highest BCUT2D eigenvalue weighted by Gasteiger charge is 2.42. The SMILES string of the molecule is Cc1cccc(OCCN2CCCNC(C)(C3CC3)C2)c1. The summed E-state index contributed by atoms with van der Waals surface area (Å²) in [6, 6.07) is 8.32. The van der Waals surface area contributed by atoms with Crippen LogP contribution in [-0.4, -0.2) is 43.2 Å². The number of ether oxygens (including phenoxy) is 1. The van der Waals surface area contributed by atoms with Crippen molar-refractivity contribution in [2.24, 2.45) is 5.92 Å². The van der Waals surface area contributed by atoms with Crippen molar-refractivity contribution in [3.63, 3.8) is 0 Å². The maximum Gasteiger partial charge on any atom is 0.119 e. The molecule has 0 radical (unpaired) electrons. The van der Waals surface area contributed by atoms with Crippen molar-refractivity contribution in [1.29, 1.82) is 0 Å². The zero-order chi connectivity index (χ0) is 14.7. The van der Waals surface area contributed by atoms with E-state index in [0.29, 0.717) is 5.54 Å². The molecule has 1 saturated heterocycles. The number of hydrogen-bond acceptors (Lipinski definition) is 3. The minimum Gasteiger partial charge on any atom is -0.492 e. The number of nitrogens with zero attached hydrogens (tertiary/aromatic N) is 1. The molecule has 1 unspecified atom stereocenters. The van der Waals surface area contributed by atoms with Gasteiger partial charge in [0.2, 0.25) is 0 Å². The van der Waals surface area contributed by atoms with E-state index in [-0.39, 0.29) is 0 Å². The van der Waals surface area contributed by atoms with E-state index in [1.165, 1.54) is 31.4 Å². The van der Waals surface area contributed by atoms with Gasteiger partial charge in [0.05, 0.1) is 0 Å². The molecule has 1 aliphatic heterocycles. The predicted molar refractivity (Wildman–Crippen MR) is 86.9 cm³/mol. The largest absolute Gasteiger partial charge is 0.492 e. The Hall–Kier alpha value is -1.06. The molecule has 1 heterocycles. The average molecular weight is 288 g/mol. The smallest absolute Gasteiger partial charge is 0.119 e. The van der Waals surface area contributed by atoms with Gasteiger partial charge in [0.15, 0.2) is 0 Å². The van der Waals surface area contributed by atoms with Crippen molar-refractivity contribution in [1.82, 2.24) is 10.2 Å². The number of rotatable bonds is 5. The maximum atomic E-state index is 5.91. The standard InChI is InChI=1S/C18H28N2O/c1-15-5-3-6-17(13-15)21-12-11-20-10-4-9-19-18(2,14-20)16-7-8-16/h3,5-6,13,16,19H,4,7-12,14H2,1-2H3. The van der Waals surface area contributed by atoms with E-state index < -0.39 is 0 Å². The average Bonchev–Trinajstić information content (AvgIpc) is 3.27. The third-order valence-electron chi connectivity index (χ3n) is 4.88. The maximum absolute atomic E-state index is 5.91.